The van der Waals surface area contributed by atoms with Crippen LogP contribution in [-0.2, 0) is 0 Å². The fraction of sp³-hybridized carbons (Fsp3) is 0.211. The van der Waals surface area contributed by atoms with Crippen molar-refractivity contribution in [1.82, 2.24) is 15.2 Å². The third-order valence-electron chi connectivity index (χ3n) is 3.62. The summed E-state index contributed by atoms with van der Waals surface area (Å²) in [5.74, 6) is 1.90. The molecule has 2 aromatic carbocycles. The lowest BCUT2D eigenvalue weighted by Gasteiger charge is -2.10. The van der Waals surface area contributed by atoms with Gasteiger partial charge < -0.3 is 15.4 Å². The number of ether oxygens (including phenoxy) is 1. The largest absolute Gasteiger partial charge is 0.494 e. The van der Waals surface area contributed by atoms with E-state index in [1.54, 1.807) is 6.20 Å². The van der Waals surface area contributed by atoms with Crippen molar-refractivity contribution in [3.63, 3.8) is 0 Å². The van der Waals surface area contributed by atoms with Crippen molar-refractivity contribution in [2.45, 2.75) is 20.8 Å². The molecule has 0 saturated heterocycles. The minimum atomic E-state index is 0.430. The Bertz CT molecular complexity index is 849. The summed E-state index contributed by atoms with van der Waals surface area (Å²) in [6, 6.07) is 13.8. The summed E-state index contributed by atoms with van der Waals surface area (Å²) in [7, 11) is 0. The number of rotatable bonds is 6. The van der Waals surface area contributed by atoms with Crippen LogP contribution in [0.4, 0.5) is 23.1 Å². The molecule has 0 unspecified atom stereocenters. The van der Waals surface area contributed by atoms with Gasteiger partial charge >= 0.3 is 0 Å². The van der Waals surface area contributed by atoms with Crippen molar-refractivity contribution in [3.05, 3.63) is 59.8 Å². The van der Waals surface area contributed by atoms with E-state index in [-0.39, 0.29) is 0 Å². The zero-order chi connectivity index (χ0) is 17.6. The van der Waals surface area contributed by atoms with Gasteiger partial charge in [-0.25, -0.2) is 0 Å². The number of hydrogen-bond acceptors (Lipinski definition) is 6. The molecule has 0 aliphatic carbocycles. The molecule has 128 valence electrons. The quantitative estimate of drug-likeness (QED) is 0.697. The van der Waals surface area contributed by atoms with Crippen LogP contribution in [0.3, 0.4) is 0 Å². The second kappa shape index (κ2) is 7.61. The molecule has 3 aromatic rings. The SMILES string of the molecule is CCOc1ccc(Nc2nncc(Nc3ccc(C)cc3C)n2)cc1. The van der Waals surface area contributed by atoms with E-state index in [0.29, 0.717) is 18.4 Å². The minimum Gasteiger partial charge on any atom is -0.494 e. The molecule has 1 aromatic heterocycles. The van der Waals surface area contributed by atoms with Crippen LogP contribution in [0.25, 0.3) is 0 Å². The molecule has 0 aliphatic heterocycles. The molecule has 25 heavy (non-hydrogen) atoms. The number of aryl methyl sites for hydroxylation is 2. The average Bonchev–Trinajstić information content (AvgIpc) is 2.60. The molecule has 0 spiro atoms. The monoisotopic (exact) mass is 335 g/mol. The zero-order valence-electron chi connectivity index (χ0n) is 14.6. The smallest absolute Gasteiger partial charge is 0.249 e. The van der Waals surface area contributed by atoms with Gasteiger partial charge in [0.05, 0.1) is 12.8 Å². The van der Waals surface area contributed by atoms with E-state index in [1.165, 1.54) is 5.56 Å². The predicted molar refractivity (Wildman–Crippen MR) is 99.9 cm³/mol. The molecule has 2 N–H and O–H groups in total. The maximum absolute atomic E-state index is 5.43. The molecule has 0 amide bonds. The number of nitrogens with one attached hydrogen (secondary N) is 2. The van der Waals surface area contributed by atoms with Crippen molar-refractivity contribution >= 4 is 23.1 Å². The van der Waals surface area contributed by atoms with Gasteiger partial charge in [-0.1, -0.05) is 17.7 Å². The van der Waals surface area contributed by atoms with Crippen LogP contribution in [0.15, 0.2) is 48.7 Å². The molecule has 0 saturated carbocycles. The summed E-state index contributed by atoms with van der Waals surface area (Å²) < 4.78 is 5.43. The first-order valence-corrected chi connectivity index (χ1v) is 8.18. The Kier molecular flexibility index (Phi) is 5.09. The Balaban J connectivity index is 1.72. The van der Waals surface area contributed by atoms with E-state index in [4.69, 9.17) is 4.74 Å². The zero-order valence-corrected chi connectivity index (χ0v) is 14.6. The van der Waals surface area contributed by atoms with E-state index < -0.39 is 0 Å². The summed E-state index contributed by atoms with van der Waals surface area (Å²) in [5, 5.41) is 14.5. The molecule has 0 bridgehead atoms. The number of anilines is 4. The van der Waals surface area contributed by atoms with Crippen LogP contribution in [0.2, 0.25) is 0 Å². The molecule has 6 heteroatoms. The van der Waals surface area contributed by atoms with Gasteiger partial charge in [-0.3, -0.25) is 0 Å². The fourth-order valence-corrected chi connectivity index (χ4v) is 2.44. The van der Waals surface area contributed by atoms with Crippen LogP contribution in [-0.4, -0.2) is 21.8 Å². The lowest BCUT2D eigenvalue weighted by atomic mass is 10.1. The highest BCUT2D eigenvalue weighted by molar-refractivity contribution is 5.62. The Morgan fingerprint density at radius 2 is 1.80 bits per heavy atom. The Morgan fingerprint density at radius 3 is 2.52 bits per heavy atom. The van der Waals surface area contributed by atoms with Crippen LogP contribution in [0.5, 0.6) is 5.75 Å². The molecule has 0 radical (unpaired) electrons. The summed E-state index contributed by atoms with van der Waals surface area (Å²) in [6.45, 7) is 6.73. The van der Waals surface area contributed by atoms with Crippen molar-refractivity contribution in [3.8, 4) is 5.75 Å². The lowest BCUT2D eigenvalue weighted by Crippen LogP contribution is -2.03. The first kappa shape index (κ1) is 16.7. The number of benzene rings is 2. The minimum absolute atomic E-state index is 0.430. The number of nitrogens with zero attached hydrogens (tertiary/aromatic N) is 3. The van der Waals surface area contributed by atoms with Gasteiger partial charge in [-0.15, -0.1) is 5.10 Å². The highest BCUT2D eigenvalue weighted by Crippen LogP contribution is 2.21. The van der Waals surface area contributed by atoms with Crippen LogP contribution in [0.1, 0.15) is 18.1 Å². The summed E-state index contributed by atoms with van der Waals surface area (Å²) in [5.41, 5.74) is 4.24. The van der Waals surface area contributed by atoms with Gasteiger partial charge in [0, 0.05) is 11.4 Å². The van der Waals surface area contributed by atoms with Gasteiger partial charge in [0.1, 0.15) is 5.75 Å². The van der Waals surface area contributed by atoms with Gasteiger partial charge in [0.25, 0.3) is 0 Å². The number of aromatic nitrogens is 3. The normalized spacial score (nSPS) is 10.4. The van der Waals surface area contributed by atoms with E-state index in [0.717, 1.165) is 22.7 Å². The van der Waals surface area contributed by atoms with Gasteiger partial charge in [-0.05, 0) is 56.7 Å². The summed E-state index contributed by atoms with van der Waals surface area (Å²) in [4.78, 5) is 4.46. The average molecular weight is 335 g/mol. The van der Waals surface area contributed by atoms with Crippen LogP contribution < -0.4 is 15.4 Å². The summed E-state index contributed by atoms with van der Waals surface area (Å²) in [6.07, 6.45) is 1.60. The van der Waals surface area contributed by atoms with E-state index in [1.807, 2.05) is 37.3 Å². The van der Waals surface area contributed by atoms with E-state index in [2.05, 4.69) is 51.8 Å². The Labute approximate surface area is 147 Å². The second-order valence-electron chi connectivity index (χ2n) is 5.69. The van der Waals surface area contributed by atoms with Crippen molar-refractivity contribution in [1.29, 1.82) is 0 Å². The van der Waals surface area contributed by atoms with Crippen LogP contribution in [0, 0.1) is 13.8 Å². The van der Waals surface area contributed by atoms with Crippen molar-refractivity contribution < 1.29 is 4.74 Å². The highest BCUT2D eigenvalue weighted by atomic mass is 16.5. The third-order valence-corrected chi connectivity index (χ3v) is 3.62. The highest BCUT2D eigenvalue weighted by Gasteiger charge is 2.04. The first-order valence-electron chi connectivity index (χ1n) is 8.18. The summed E-state index contributed by atoms with van der Waals surface area (Å²) >= 11 is 0. The topological polar surface area (TPSA) is 72.0 Å². The van der Waals surface area contributed by atoms with Crippen molar-refractivity contribution in [2.24, 2.45) is 0 Å². The molecular formula is C19H21N5O. The first-order chi connectivity index (χ1) is 12.1. The van der Waals surface area contributed by atoms with E-state index >= 15 is 0 Å². The molecule has 1 heterocycles. The predicted octanol–water partition coefficient (Wildman–Crippen LogP) is 4.37. The van der Waals surface area contributed by atoms with E-state index in [9.17, 15) is 0 Å². The molecular weight excluding hydrogens is 314 g/mol. The Morgan fingerprint density at radius 1 is 1.00 bits per heavy atom. The molecule has 0 aliphatic rings. The maximum atomic E-state index is 5.43. The van der Waals surface area contributed by atoms with Gasteiger partial charge in [0.2, 0.25) is 5.95 Å². The van der Waals surface area contributed by atoms with Crippen molar-refractivity contribution in [2.75, 3.05) is 17.2 Å². The Hall–Kier alpha value is -3.15. The second-order valence-corrected chi connectivity index (χ2v) is 5.69. The van der Waals surface area contributed by atoms with Gasteiger partial charge in [-0.2, -0.15) is 10.1 Å². The standard InChI is InChI=1S/C19H21N5O/c1-4-25-16-8-6-15(7-9-16)21-19-23-18(12-20-24-19)22-17-10-5-13(2)11-14(17)3/h5-12H,4H2,1-3H3,(H2,21,22,23,24). The lowest BCUT2D eigenvalue weighted by molar-refractivity contribution is 0.340. The van der Waals surface area contributed by atoms with Crippen LogP contribution >= 0.6 is 0 Å². The molecule has 6 nitrogen and oxygen atoms in total. The molecule has 0 atom stereocenters. The number of hydrogen-bond donors (Lipinski definition) is 2. The third kappa shape index (κ3) is 4.44. The molecule has 3 rings (SSSR count). The fourth-order valence-electron chi connectivity index (χ4n) is 2.44. The molecule has 0 fully saturated rings. The van der Waals surface area contributed by atoms with Gasteiger partial charge in [0.15, 0.2) is 5.82 Å². The maximum Gasteiger partial charge on any atom is 0.249 e.